The van der Waals surface area contributed by atoms with Crippen LogP contribution in [0.5, 0.6) is 0 Å². The van der Waals surface area contributed by atoms with Crippen LogP contribution in [0.1, 0.15) is 43.1 Å². The lowest BCUT2D eigenvalue weighted by Crippen LogP contribution is -2.35. The number of nitrogens with two attached hydrogens (primary N) is 2. The Morgan fingerprint density at radius 2 is 1.93 bits per heavy atom. The maximum absolute atomic E-state index is 15.6. The second kappa shape index (κ2) is 5.91. The minimum Gasteiger partial charge on any atom is -0.477 e. The molecule has 0 unspecified atom stereocenters. The summed E-state index contributed by atoms with van der Waals surface area (Å²) >= 11 is 0. The second-order valence-electron chi connectivity index (χ2n) is 8.40. The van der Waals surface area contributed by atoms with E-state index >= 15 is 8.78 Å². The van der Waals surface area contributed by atoms with Gasteiger partial charge < -0.3 is 26.0 Å². The van der Waals surface area contributed by atoms with Crippen LogP contribution in [0.3, 0.4) is 0 Å². The Bertz CT molecular complexity index is 1080. The van der Waals surface area contributed by atoms with Crippen molar-refractivity contribution in [2.75, 3.05) is 23.7 Å². The topological polar surface area (TPSA) is 115 Å². The van der Waals surface area contributed by atoms with E-state index in [4.69, 9.17) is 11.5 Å². The summed E-state index contributed by atoms with van der Waals surface area (Å²) in [4.78, 5) is 25.6. The molecule has 5 N–H and O–H groups in total. The number of anilines is 2. The van der Waals surface area contributed by atoms with Gasteiger partial charge >= 0.3 is 5.97 Å². The summed E-state index contributed by atoms with van der Waals surface area (Å²) in [6.45, 7) is 4.40. The standard InChI is InChI=1S/C19H22F2N4O3/c1-19(2)7-24(6-10(19)22)16-12(20)14(23)11-15(13(16)21)25(8-3-4-8)5-9(17(11)26)18(27)28/h5,8,10H,3-4,6-7,22-23H2,1-2H3,(H,27,28)/t10-/m1/s1. The Labute approximate surface area is 159 Å². The molecule has 0 bridgehead atoms. The summed E-state index contributed by atoms with van der Waals surface area (Å²) in [7, 11) is 0. The van der Waals surface area contributed by atoms with E-state index in [1.165, 1.54) is 9.47 Å². The van der Waals surface area contributed by atoms with Gasteiger partial charge in [0.15, 0.2) is 11.6 Å². The Morgan fingerprint density at radius 1 is 1.29 bits per heavy atom. The van der Waals surface area contributed by atoms with Crippen molar-refractivity contribution in [1.82, 2.24) is 4.57 Å². The van der Waals surface area contributed by atoms with E-state index in [2.05, 4.69) is 0 Å². The molecule has 1 aromatic heterocycles. The number of aromatic nitrogens is 1. The van der Waals surface area contributed by atoms with Crippen LogP contribution in [0.15, 0.2) is 11.0 Å². The molecule has 1 saturated carbocycles. The predicted octanol–water partition coefficient (Wildman–Crippen LogP) is 2.07. The van der Waals surface area contributed by atoms with Crippen molar-refractivity contribution in [1.29, 1.82) is 0 Å². The highest BCUT2D eigenvalue weighted by Gasteiger charge is 2.40. The maximum atomic E-state index is 15.6. The molecule has 0 amide bonds. The zero-order chi connectivity index (χ0) is 20.5. The Hall–Kier alpha value is -2.68. The minimum atomic E-state index is -1.46. The number of hydrogen-bond donors (Lipinski definition) is 3. The number of halogens is 2. The summed E-state index contributed by atoms with van der Waals surface area (Å²) in [6.07, 6.45) is 2.56. The number of carboxylic acid groups (broad SMARTS) is 1. The fraction of sp³-hybridized carbons (Fsp3) is 0.474. The van der Waals surface area contributed by atoms with E-state index in [1.807, 2.05) is 13.8 Å². The van der Waals surface area contributed by atoms with Gasteiger partial charge in [0.1, 0.15) is 11.3 Å². The average Bonchev–Trinajstić information content (AvgIpc) is 3.39. The van der Waals surface area contributed by atoms with Crippen molar-refractivity contribution in [3.8, 4) is 0 Å². The van der Waals surface area contributed by atoms with Gasteiger partial charge in [0, 0.05) is 31.4 Å². The van der Waals surface area contributed by atoms with Crippen LogP contribution >= 0.6 is 0 Å². The Morgan fingerprint density at radius 3 is 2.43 bits per heavy atom. The first-order valence-electron chi connectivity index (χ1n) is 9.13. The van der Waals surface area contributed by atoms with Crippen molar-refractivity contribution in [3.63, 3.8) is 0 Å². The van der Waals surface area contributed by atoms with Gasteiger partial charge in [0.05, 0.1) is 16.6 Å². The first-order chi connectivity index (χ1) is 13.0. The van der Waals surface area contributed by atoms with Crippen LogP contribution in [0, 0.1) is 17.0 Å². The molecule has 0 radical (unpaired) electrons. The lowest BCUT2D eigenvalue weighted by atomic mass is 9.89. The zero-order valence-electron chi connectivity index (χ0n) is 15.6. The van der Waals surface area contributed by atoms with Crippen LogP contribution in [-0.2, 0) is 0 Å². The van der Waals surface area contributed by atoms with Crippen molar-refractivity contribution >= 4 is 28.2 Å². The molecule has 2 fully saturated rings. The lowest BCUT2D eigenvalue weighted by Gasteiger charge is -2.25. The van der Waals surface area contributed by atoms with Gasteiger partial charge in [-0.05, 0) is 18.3 Å². The number of carbonyl (C=O) groups is 1. The van der Waals surface area contributed by atoms with Crippen LogP contribution in [0.25, 0.3) is 10.9 Å². The SMILES string of the molecule is CC1(C)CN(c2c(F)c(N)c3c(=O)c(C(=O)O)cn(C4CC4)c3c2F)C[C@H]1N. The molecule has 9 heteroatoms. The van der Waals surface area contributed by atoms with E-state index in [0.29, 0.717) is 19.4 Å². The van der Waals surface area contributed by atoms with Crippen molar-refractivity contribution < 1.29 is 18.7 Å². The number of fused-ring (bicyclic) bond motifs is 1. The van der Waals surface area contributed by atoms with E-state index < -0.39 is 39.7 Å². The van der Waals surface area contributed by atoms with Crippen molar-refractivity contribution in [2.45, 2.75) is 38.8 Å². The summed E-state index contributed by atoms with van der Waals surface area (Å²) in [5.41, 5.74) is 9.13. The largest absolute Gasteiger partial charge is 0.477 e. The summed E-state index contributed by atoms with van der Waals surface area (Å²) < 4.78 is 32.2. The normalized spacial score (nSPS) is 21.5. The van der Waals surface area contributed by atoms with E-state index in [0.717, 1.165) is 6.20 Å². The van der Waals surface area contributed by atoms with E-state index in [1.54, 1.807) is 0 Å². The average molecular weight is 392 g/mol. The van der Waals surface area contributed by atoms with Gasteiger partial charge in [-0.3, -0.25) is 4.79 Å². The Balaban J connectivity index is 2.06. The number of nitrogen functional groups attached to an aromatic ring is 1. The van der Waals surface area contributed by atoms with Crippen LogP contribution < -0.4 is 21.8 Å². The van der Waals surface area contributed by atoms with Crippen molar-refractivity contribution in [2.24, 2.45) is 11.1 Å². The van der Waals surface area contributed by atoms with Crippen LogP contribution in [0.4, 0.5) is 20.2 Å². The molecular formula is C19H22F2N4O3. The number of carboxylic acids is 1. The highest BCUT2D eigenvalue weighted by Crippen LogP contribution is 2.43. The molecule has 7 nitrogen and oxygen atoms in total. The maximum Gasteiger partial charge on any atom is 0.341 e. The van der Waals surface area contributed by atoms with Gasteiger partial charge in [-0.15, -0.1) is 0 Å². The molecule has 28 heavy (non-hydrogen) atoms. The first kappa shape index (κ1) is 18.7. The van der Waals surface area contributed by atoms with Gasteiger partial charge in [-0.2, -0.15) is 0 Å². The third-order valence-corrected chi connectivity index (χ3v) is 5.87. The number of hydrogen-bond acceptors (Lipinski definition) is 5. The highest BCUT2D eigenvalue weighted by molar-refractivity contribution is 5.99. The number of nitrogens with zero attached hydrogens (tertiary/aromatic N) is 2. The summed E-state index contributed by atoms with van der Waals surface area (Å²) in [5.74, 6) is -3.43. The molecule has 2 heterocycles. The monoisotopic (exact) mass is 392 g/mol. The smallest absolute Gasteiger partial charge is 0.341 e. The number of pyridine rings is 1. The second-order valence-corrected chi connectivity index (χ2v) is 8.40. The Kier molecular flexibility index (Phi) is 3.94. The fourth-order valence-electron chi connectivity index (χ4n) is 3.95. The van der Waals surface area contributed by atoms with E-state index in [-0.39, 0.29) is 35.2 Å². The third kappa shape index (κ3) is 2.56. The molecule has 1 saturated heterocycles. The molecule has 1 atom stereocenters. The molecule has 150 valence electrons. The molecule has 2 aliphatic rings. The van der Waals surface area contributed by atoms with E-state index in [9.17, 15) is 14.7 Å². The molecule has 0 spiro atoms. The van der Waals surface area contributed by atoms with Gasteiger partial charge in [-0.25, -0.2) is 13.6 Å². The molecule has 2 aromatic rings. The number of aromatic carboxylic acids is 1. The number of benzene rings is 1. The quantitative estimate of drug-likeness (QED) is 0.689. The van der Waals surface area contributed by atoms with Gasteiger partial charge in [0.2, 0.25) is 5.43 Å². The van der Waals surface area contributed by atoms with Crippen LogP contribution in [-0.4, -0.2) is 34.8 Å². The zero-order valence-corrected chi connectivity index (χ0v) is 15.6. The van der Waals surface area contributed by atoms with Gasteiger partial charge in [0.25, 0.3) is 0 Å². The molecule has 1 aromatic carbocycles. The number of rotatable bonds is 3. The predicted molar refractivity (Wildman–Crippen MR) is 102 cm³/mol. The molecule has 1 aliphatic heterocycles. The molecule has 4 rings (SSSR count). The van der Waals surface area contributed by atoms with Crippen LogP contribution in [0.2, 0.25) is 0 Å². The lowest BCUT2D eigenvalue weighted by molar-refractivity contribution is 0.0695. The van der Waals surface area contributed by atoms with Gasteiger partial charge in [-0.1, -0.05) is 13.8 Å². The van der Waals surface area contributed by atoms with Crippen molar-refractivity contribution in [3.05, 3.63) is 33.6 Å². The summed E-state index contributed by atoms with van der Waals surface area (Å²) in [5, 5.41) is 8.91. The third-order valence-electron chi connectivity index (χ3n) is 5.87. The first-order valence-corrected chi connectivity index (χ1v) is 9.13. The molecular weight excluding hydrogens is 370 g/mol. The fourth-order valence-corrected chi connectivity index (χ4v) is 3.95. The highest BCUT2D eigenvalue weighted by atomic mass is 19.1. The summed E-state index contributed by atoms with van der Waals surface area (Å²) in [6, 6.07) is -0.436. The minimum absolute atomic E-state index is 0.148. The molecule has 1 aliphatic carbocycles.